The van der Waals surface area contributed by atoms with Crippen molar-refractivity contribution < 1.29 is 84.8 Å². The number of carboxylic acid groups (broad SMARTS) is 2. The van der Waals surface area contributed by atoms with Crippen LogP contribution in [0.1, 0.15) is 143 Å². The van der Waals surface area contributed by atoms with Crippen molar-refractivity contribution in [1.82, 2.24) is 72.3 Å². The Bertz CT molecular complexity index is 3100. The number of nitrogens with one attached hydrogen (secondary N) is 10. The van der Waals surface area contributed by atoms with Crippen LogP contribution in [-0.2, 0) is 100 Å². The first-order chi connectivity index (χ1) is 49.5. The molecular weight excluding hydrogens is 1400 g/mol. The van der Waals surface area contributed by atoms with E-state index in [-0.39, 0.29) is 81.8 Å². The quantitative estimate of drug-likeness (QED) is 0.0165. The molecule has 10 amide bonds. The molecule has 10 atom stereocenters. The zero-order chi connectivity index (χ0) is 77.6. The molecule has 0 aliphatic heterocycles. The van der Waals surface area contributed by atoms with Crippen molar-refractivity contribution in [1.29, 1.82) is 0 Å². The first-order valence-corrected chi connectivity index (χ1v) is 35.7. The number of hydrogen-bond acceptors (Lipinski definition) is 20. The zero-order valence-corrected chi connectivity index (χ0v) is 63.0. The monoisotopic (exact) mass is 1520 g/mol. The number of benzene rings is 2. The van der Waals surface area contributed by atoms with Gasteiger partial charge in [0.05, 0.1) is 49.8 Å². The molecule has 0 spiro atoms. The maximum atomic E-state index is 14.1. The molecule has 0 saturated carbocycles. The van der Waals surface area contributed by atoms with Crippen LogP contribution in [0.15, 0.2) is 85.7 Å². The molecule has 0 unspecified atom stereocenters. The van der Waals surface area contributed by atoms with Gasteiger partial charge >= 0.3 is 17.1 Å². The van der Waals surface area contributed by atoms with E-state index in [2.05, 4.69) is 62.5 Å². The van der Waals surface area contributed by atoms with E-state index in [4.69, 9.17) is 22.9 Å². The van der Waals surface area contributed by atoms with Gasteiger partial charge in [-0.05, 0) is 99.3 Å². The normalized spacial score (nSPS) is 14.0. The molecule has 105 heavy (non-hydrogen) atoms. The van der Waals surface area contributed by atoms with E-state index < -0.39 is 155 Å². The Morgan fingerprint density at radius 1 is 0.419 bits per heavy atom. The first kappa shape index (κ1) is 91.9. The molecule has 2 aromatic heterocycles. The molecule has 4 aromatic rings. The Morgan fingerprint density at radius 2 is 0.743 bits per heavy atom. The molecule has 2 heterocycles. The number of H-pyrrole nitrogens is 2. The summed E-state index contributed by atoms with van der Waals surface area (Å²) in [6, 6.07) is 6.47. The smallest absolute Gasteiger partial charge is 0.548 e. The number of imidazole rings is 2. The van der Waals surface area contributed by atoms with Crippen molar-refractivity contribution in [2.24, 2.45) is 46.6 Å². The second-order valence-corrected chi connectivity index (χ2v) is 26.9. The number of aromatic amines is 2. The van der Waals surface area contributed by atoms with Crippen molar-refractivity contribution in [3.05, 3.63) is 108 Å². The molecule has 1 radical (unpaired) electrons. The van der Waals surface area contributed by atoms with E-state index >= 15 is 0 Å². The number of nitrogens with two attached hydrogens (primary N) is 4. The van der Waals surface area contributed by atoms with Gasteiger partial charge in [0, 0.05) is 62.6 Å². The summed E-state index contributed by atoms with van der Waals surface area (Å²) in [7, 11) is 0. The van der Waals surface area contributed by atoms with Crippen molar-refractivity contribution in [3.63, 3.8) is 0 Å². The maximum Gasteiger partial charge on any atom is 2.00 e. The third-order valence-corrected chi connectivity index (χ3v) is 17.0. The van der Waals surface area contributed by atoms with Gasteiger partial charge < -0.3 is 105 Å². The third-order valence-electron chi connectivity index (χ3n) is 17.0. The van der Waals surface area contributed by atoms with Gasteiger partial charge in [-0.3, -0.25) is 47.9 Å². The van der Waals surface area contributed by atoms with Crippen LogP contribution in [0.5, 0.6) is 0 Å². The summed E-state index contributed by atoms with van der Waals surface area (Å²) in [5.74, 6) is -10.9. The topological polar surface area (TPSA) is 515 Å². The minimum absolute atomic E-state index is 0. The third kappa shape index (κ3) is 31.6. The van der Waals surface area contributed by atoms with E-state index in [9.17, 15) is 67.7 Å². The summed E-state index contributed by atoms with van der Waals surface area (Å²) < 4.78 is 0. The van der Waals surface area contributed by atoms with Gasteiger partial charge in [0.25, 0.3) is 0 Å². The second-order valence-electron chi connectivity index (χ2n) is 26.9. The van der Waals surface area contributed by atoms with Crippen molar-refractivity contribution in [2.45, 2.75) is 207 Å². The van der Waals surface area contributed by atoms with Gasteiger partial charge in [0.15, 0.2) is 0 Å². The number of hydrogen-bond donors (Lipinski definition) is 14. The molecule has 0 aliphatic carbocycles. The van der Waals surface area contributed by atoms with Crippen LogP contribution >= 0.6 is 0 Å². The van der Waals surface area contributed by atoms with Gasteiger partial charge in [-0.25, -0.2) is 9.97 Å². The van der Waals surface area contributed by atoms with Crippen LogP contribution < -0.4 is 75.7 Å². The molecule has 0 saturated heterocycles. The Kier molecular flexibility index (Phi) is 42.7. The summed E-state index contributed by atoms with van der Waals surface area (Å²) in [4.78, 5) is 176. The minimum Gasteiger partial charge on any atom is -0.548 e. The van der Waals surface area contributed by atoms with Gasteiger partial charge in [0.2, 0.25) is 59.1 Å². The largest absolute Gasteiger partial charge is 2.00 e. The van der Waals surface area contributed by atoms with Gasteiger partial charge in [-0.2, -0.15) is 0 Å². The number of rotatable bonds is 46. The summed E-state index contributed by atoms with van der Waals surface area (Å²) in [5, 5.41) is 46.1. The van der Waals surface area contributed by atoms with Crippen LogP contribution in [0, 0.1) is 23.7 Å². The summed E-state index contributed by atoms with van der Waals surface area (Å²) in [6.07, 6.45) is 9.48. The van der Waals surface area contributed by atoms with Crippen LogP contribution in [0.2, 0.25) is 0 Å². The molecule has 0 aliphatic rings. The average Bonchev–Trinajstić information content (AvgIpc) is 0.839. The van der Waals surface area contributed by atoms with Gasteiger partial charge in [-0.15, -0.1) is 0 Å². The van der Waals surface area contributed by atoms with E-state index in [0.29, 0.717) is 63.0 Å². The van der Waals surface area contributed by atoms with E-state index in [0.717, 1.165) is 11.1 Å². The Balaban J connectivity index is 0.000000707. The maximum absolute atomic E-state index is 14.1. The number of carbonyl (C=O) groups excluding carboxylic acids is 12. The molecule has 0 fully saturated rings. The van der Waals surface area contributed by atoms with Crippen molar-refractivity contribution >= 4 is 71.0 Å². The predicted molar refractivity (Wildman–Crippen MR) is 385 cm³/mol. The fourth-order valence-electron chi connectivity index (χ4n) is 11.6. The fourth-order valence-corrected chi connectivity index (χ4v) is 11.6. The predicted octanol–water partition coefficient (Wildman–Crippen LogP) is -2.22. The number of carbonyl (C=O) groups is 12. The summed E-state index contributed by atoms with van der Waals surface area (Å²) in [6.45, 7) is 17.5. The number of carboxylic acids is 2. The van der Waals surface area contributed by atoms with Crippen LogP contribution in [0.25, 0.3) is 0 Å². The Morgan fingerprint density at radius 3 is 1.01 bits per heavy atom. The molecular formula is C72H112CuN18O14. The van der Waals surface area contributed by atoms with Crippen LogP contribution in [-0.4, -0.2) is 200 Å². The number of aromatic nitrogens is 4. The number of aliphatic carboxylic acids is 2. The summed E-state index contributed by atoms with van der Waals surface area (Å²) >= 11 is 0. The fraction of sp³-hybridized carbons (Fsp3) is 0.583. The SMILES string of the molecule is CCCN(C(=O)[C@H](Cc1ccccc1)NC(=O)[C@@H](NC(=O)[C@H](CCCCN)NC(=O)[C@H](Cc1cnc[nH]1)NC(=O)CN)C(C)C)[C@H](C(=O)[O-])C(C)C.CCCN(C(=O)[C@H](Cc1ccccc1)NC(=O)[C@@H](NC(=O)[C@H](CCCCN)NC(=O)[C@H](Cc1cnc[nH]1)NC(=O)CN)C(C)C)[C@H](C(=O)[O-])C(C)C.[Cu+2]. The number of amides is 10. The minimum atomic E-state index is -1.40. The van der Waals surface area contributed by atoms with Crippen molar-refractivity contribution in [2.75, 3.05) is 39.3 Å². The molecule has 18 N–H and O–H groups in total. The molecule has 33 heteroatoms. The number of unbranched alkanes of at least 4 members (excludes halogenated alkanes) is 2. The molecule has 4 rings (SSSR count). The van der Waals surface area contributed by atoms with E-state index in [1.807, 2.05) is 26.0 Å². The standard InChI is InChI=1S/2C36H57N9O7.Cu/c2*1-6-16-45(31(23(4)5)36(51)52)35(50)28(17-24-12-8-7-9-13-24)43-34(49)30(22(2)3)44-32(47)26(14-10-11-15-37)42-33(48)27(41-29(46)19-38)18-25-20-39-21-40-25;/h2*7-9,12-13,20-23,26-28,30-31H,6,10-11,14-19,37-38H2,1-5H3,(H,39,40)(H,41,46)(H,42,48)(H,43,49)(H,44,47)(H,51,52);/q;;+2/p-2/t2*26-,27-,28-,30-,31-;/m00./s1. The molecule has 2 aromatic carbocycles. The van der Waals surface area contributed by atoms with Gasteiger partial charge in [-0.1, -0.05) is 130 Å². The zero-order valence-electron chi connectivity index (χ0n) is 62.0. The number of nitrogens with zero attached hydrogens (tertiary/aromatic N) is 4. The molecule has 585 valence electrons. The van der Waals surface area contributed by atoms with Crippen molar-refractivity contribution in [3.8, 4) is 0 Å². The average molecular weight is 1520 g/mol. The van der Waals surface area contributed by atoms with Crippen LogP contribution in [0.3, 0.4) is 0 Å². The van der Waals surface area contributed by atoms with E-state index in [1.54, 1.807) is 104 Å². The van der Waals surface area contributed by atoms with Crippen LogP contribution in [0.4, 0.5) is 0 Å². The molecule has 0 bridgehead atoms. The van der Waals surface area contributed by atoms with Gasteiger partial charge in [0.1, 0.15) is 48.3 Å². The molecule has 32 nitrogen and oxygen atoms in total. The Labute approximate surface area is 626 Å². The summed E-state index contributed by atoms with van der Waals surface area (Å²) in [5.41, 5.74) is 24.9. The van der Waals surface area contributed by atoms with E-state index in [1.165, 1.54) is 34.8 Å². The first-order valence-electron chi connectivity index (χ1n) is 35.7. The Hall–Kier alpha value is -9.14. The second kappa shape index (κ2) is 48.8.